The standard InChI is InChI=1S/C20H16BrFN2O3S/c21-15-10-14(6-7-16(15)22)12-18(25)23-8-9-24-19(26)17(28-20(24)27)11-13-4-2-1-3-5-13/h1-7,10-11H,8-9,12H2,(H,23,25). The maximum absolute atomic E-state index is 13.2. The Morgan fingerprint density at radius 3 is 2.64 bits per heavy atom. The van der Waals surface area contributed by atoms with E-state index in [1.54, 1.807) is 12.1 Å². The van der Waals surface area contributed by atoms with Gasteiger partial charge < -0.3 is 5.32 Å². The smallest absolute Gasteiger partial charge is 0.293 e. The van der Waals surface area contributed by atoms with E-state index in [0.717, 1.165) is 22.2 Å². The first-order valence-corrected chi connectivity index (χ1v) is 10.1. The molecule has 0 atom stereocenters. The molecule has 1 N–H and O–H groups in total. The molecular weight excluding hydrogens is 447 g/mol. The van der Waals surface area contributed by atoms with Gasteiger partial charge in [-0.1, -0.05) is 36.4 Å². The molecule has 0 bridgehead atoms. The molecule has 3 amide bonds. The largest absolute Gasteiger partial charge is 0.354 e. The number of nitrogens with one attached hydrogen (secondary N) is 1. The molecule has 5 nitrogen and oxygen atoms in total. The van der Waals surface area contributed by atoms with Crippen LogP contribution in [0.1, 0.15) is 11.1 Å². The normalized spacial score (nSPS) is 15.4. The highest BCUT2D eigenvalue weighted by Gasteiger charge is 2.34. The molecule has 0 unspecified atom stereocenters. The van der Waals surface area contributed by atoms with Gasteiger partial charge in [-0.3, -0.25) is 19.3 Å². The van der Waals surface area contributed by atoms with Crippen molar-refractivity contribution in [2.45, 2.75) is 6.42 Å². The summed E-state index contributed by atoms with van der Waals surface area (Å²) in [7, 11) is 0. The second-order valence-corrected chi connectivity index (χ2v) is 7.87. The van der Waals surface area contributed by atoms with Gasteiger partial charge in [-0.25, -0.2) is 4.39 Å². The lowest BCUT2D eigenvalue weighted by molar-refractivity contribution is -0.124. The van der Waals surface area contributed by atoms with Gasteiger partial charge in [-0.15, -0.1) is 0 Å². The van der Waals surface area contributed by atoms with Gasteiger partial charge in [-0.2, -0.15) is 0 Å². The second-order valence-electron chi connectivity index (χ2n) is 6.02. The van der Waals surface area contributed by atoms with E-state index in [1.165, 1.54) is 12.1 Å². The summed E-state index contributed by atoms with van der Waals surface area (Å²) in [6, 6.07) is 13.6. The summed E-state index contributed by atoms with van der Waals surface area (Å²) < 4.78 is 13.5. The summed E-state index contributed by atoms with van der Waals surface area (Å²) in [4.78, 5) is 38.0. The van der Waals surface area contributed by atoms with Crippen molar-refractivity contribution >= 4 is 50.8 Å². The fraction of sp³-hybridized carbons (Fsp3) is 0.150. The van der Waals surface area contributed by atoms with Crippen LogP contribution in [0.4, 0.5) is 9.18 Å². The van der Waals surface area contributed by atoms with Crippen LogP contribution in [0.5, 0.6) is 0 Å². The summed E-state index contributed by atoms with van der Waals surface area (Å²) in [6.07, 6.45) is 1.75. The Balaban J connectivity index is 1.52. The number of hydrogen-bond acceptors (Lipinski definition) is 4. The number of benzene rings is 2. The molecule has 1 aliphatic rings. The molecule has 0 aliphatic carbocycles. The predicted molar refractivity (Wildman–Crippen MR) is 110 cm³/mol. The first kappa shape index (κ1) is 20.3. The Kier molecular flexibility index (Phi) is 6.64. The van der Waals surface area contributed by atoms with Crippen LogP contribution >= 0.6 is 27.7 Å². The number of halogens is 2. The topological polar surface area (TPSA) is 66.5 Å². The second kappa shape index (κ2) is 9.16. The zero-order chi connectivity index (χ0) is 20.1. The van der Waals surface area contributed by atoms with Gasteiger partial charge in [0.05, 0.1) is 15.8 Å². The molecule has 28 heavy (non-hydrogen) atoms. The zero-order valence-electron chi connectivity index (χ0n) is 14.7. The lowest BCUT2D eigenvalue weighted by Crippen LogP contribution is -2.37. The van der Waals surface area contributed by atoms with Gasteiger partial charge in [0.2, 0.25) is 5.91 Å². The summed E-state index contributed by atoms with van der Waals surface area (Å²) in [6.45, 7) is 0.244. The molecular formula is C20H16BrFN2O3S. The monoisotopic (exact) mass is 462 g/mol. The van der Waals surface area contributed by atoms with E-state index in [9.17, 15) is 18.8 Å². The van der Waals surface area contributed by atoms with Crippen molar-refractivity contribution in [1.82, 2.24) is 10.2 Å². The number of hydrogen-bond donors (Lipinski definition) is 1. The van der Waals surface area contributed by atoms with Gasteiger partial charge in [0.1, 0.15) is 5.82 Å². The van der Waals surface area contributed by atoms with Crippen LogP contribution < -0.4 is 5.32 Å². The number of imide groups is 1. The van der Waals surface area contributed by atoms with E-state index in [0.29, 0.717) is 14.9 Å². The van der Waals surface area contributed by atoms with Crippen LogP contribution in [0.3, 0.4) is 0 Å². The molecule has 1 aliphatic heterocycles. The van der Waals surface area contributed by atoms with Gasteiger partial charge in [0, 0.05) is 13.1 Å². The van der Waals surface area contributed by atoms with Crippen molar-refractivity contribution in [2.75, 3.05) is 13.1 Å². The molecule has 1 heterocycles. The molecule has 1 saturated heterocycles. The first-order valence-electron chi connectivity index (χ1n) is 8.45. The number of amides is 3. The number of nitrogens with zero attached hydrogens (tertiary/aromatic N) is 1. The number of carbonyl (C=O) groups excluding carboxylic acids is 3. The van der Waals surface area contributed by atoms with Crippen molar-refractivity contribution in [2.24, 2.45) is 0 Å². The molecule has 2 aromatic rings. The van der Waals surface area contributed by atoms with E-state index in [2.05, 4.69) is 21.2 Å². The van der Waals surface area contributed by atoms with Crippen LogP contribution in [-0.2, 0) is 16.0 Å². The van der Waals surface area contributed by atoms with E-state index in [4.69, 9.17) is 0 Å². The van der Waals surface area contributed by atoms with E-state index < -0.39 is 5.82 Å². The Hall–Kier alpha value is -2.45. The summed E-state index contributed by atoms with van der Waals surface area (Å²) in [5.41, 5.74) is 1.49. The lowest BCUT2D eigenvalue weighted by Gasteiger charge is -2.13. The van der Waals surface area contributed by atoms with Crippen molar-refractivity contribution in [1.29, 1.82) is 0 Å². The molecule has 144 valence electrons. The minimum atomic E-state index is -0.396. The fourth-order valence-corrected chi connectivity index (χ4v) is 3.89. The van der Waals surface area contributed by atoms with E-state index in [1.807, 2.05) is 30.3 Å². The van der Waals surface area contributed by atoms with Crippen LogP contribution in [0.25, 0.3) is 6.08 Å². The number of carbonyl (C=O) groups is 3. The van der Waals surface area contributed by atoms with Crippen LogP contribution in [0.2, 0.25) is 0 Å². The number of rotatable bonds is 6. The Morgan fingerprint density at radius 2 is 1.93 bits per heavy atom. The Labute approximate surface area is 174 Å². The lowest BCUT2D eigenvalue weighted by atomic mass is 10.1. The summed E-state index contributed by atoms with van der Waals surface area (Å²) >= 11 is 3.97. The zero-order valence-corrected chi connectivity index (χ0v) is 17.1. The SMILES string of the molecule is O=C(Cc1ccc(F)c(Br)c1)NCCN1C(=O)SC(=Cc2ccccc2)C1=O. The maximum atomic E-state index is 13.2. The highest BCUT2D eigenvalue weighted by molar-refractivity contribution is 9.10. The predicted octanol–water partition coefficient (Wildman–Crippen LogP) is 3.98. The van der Waals surface area contributed by atoms with Gasteiger partial charge >= 0.3 is 0 Å². The van der Waals surface area contributed by atoms with E-state index in [-0.39, 0.29) is 36.6 Å². The van der Waals surface area contributed by atoms with E-state index >= 15 is 0 Å². The average Bonchev–Trinajstić information content (AvgIpc) is 2.93. The number of thioether (sulfide) groups is 1. The molecule has 0 aromatic heterocycles. The Bertz CT molecular complexity index is 950. The highest BCUT2D eigenvalue weighted by atomic mass is 79.9. The Morgan fingerprint density at radius 1 is 1.18 bits per heavy atom. The van der Waals surface area contributed by atoms with Crippen molar-refractivity contribution in [3.63, 3.8) is 0 Å². The highest BCUT2D eigenvalue weighted by Crippen LogP contribution is 2.31. The molecule has 1 fully saturated rings. The minimum Gasteiger partial charge on any atom is -0.354 e. The molecule has 0 saturated carbocycles. The quantitative estimate of drug-likeness (QED) is 0.659. The van der Waals surface area contributed by atoms with Crippen molar-refractivity contribution in [3.05, 3.63) is 74.9 Å². The van der Waals surface area contributed by atoms with Crippen LogP contribution in [-0.4, -0.2) is 35.0 Å². The van der Waals surface area contributed by atoms with Gasteiger partial charge in [0.15, 0.2) is 0 Å². The molecule has 0 radical (unpaired) electrons. The maximum Gasteiger partial charge on any atom is 0.293 e. The van der Waals surface area contributed by atoms with Crippen molar-refractivity contribution in [3.8, 4) is 0 Å². The first-order chi connectivity index (χ1) is 13.4. The van der Waals surface area contributed by atoms with Crippen molar-refractivity contribution < 1.29 is 18.8 Å². The molecule has 8 heteroatoms. The fourth-order valence-electron chi connectivity index (χ4n) is 2.60. The summed E-state index contributed by atoms with van der Waals surface area (Å²) in [5.74, 6) is -1.03. The summed E-state index contributed by atoms with van der Waals surface area (Å²) in [5, 5.41) is 2.32. The third-order valence-electron chi connectivity index (χ3n) is 3.98. The molecule has 0 spiro atoms. The van der Waals surface area contributed by atoms with Gasteiger partial charge in [0.25, 0.3) is 11.1 Å². The molecule has 2 aromatic carbocycles. The van der Waals surface area contributed by atoms with Crippen LogP contribution in [0.15, 0.2) is 57.9 Å². The average molecular weight is 463 g/mol. The van der Waals surface area contributed by atoms with Gasteiger partial charge in [-0.05, 0) is 57.0 Å². The molecule has 3 rings (SSSR count). The van der Waals surface area contributed by atoms with Crippen LogP contribution in [0, 0.1) is 5.82 Å². The minimum absolute atomic E-state index is 0.0781. The third kappa shape index (κ3) is 5.08. The third-order valence-corrected chi connectivity index (χ3v) is 5.49.